The number of nitrogens with two attached hydrogens (primary N) is 1. The lowest BCUT2D eigenvalue weighted by atomic mass is 9.87. The lowest BCUT2D eigenvalue weighted by molar-refractivity contribution is -0.136. The van der Waals surface area contributed by atoms with E-state index in [0.717, 1.165) is 17.5 Å². The zero-order valence-corrected chi connectivity index (χ0v) is 27.7. The van der Waals surface area contributed by atoms with Crippen molar-refractivity contribution in [1.82, 2.24) is 19.9 Å². The maximum atomic E-state index is 15.4. The van der Waals surface area contributed by atoms with E-state index in [1.807, 2.05) is 24.6 Å². The molecule has 5 N–H and O–H groups in total. The summed E-state index contributed by atoms with van der Waals surface area (Å²) in [5.41, 5.74) is 11.0. The van der Waals surface area contributed by atoms with Crippen LogP contribution in [0, 0.1) is 19.7 Å². The number of aliphatic carboxylic acids is 1. The van der Waals surface area contributed by atoms with Crippen LogP contribution in [0.1, 0.15) is 60.1 Å². The molecule has 1 amide bonds. The Morgan fingerprint density at radius 2 is 1.94 bits per heavy atom. The summed E-state index contributed by atoms with van der Waals surface area (Å²) < 4.78 is 22.9. The third-order valence-electron chi connectivity index (χ3n) is 7.54. The average molecular weight is 645 g/mol. The molecule has 248 valence electrons. The highest BCUT2D eigenvalue weighted by Gasteiger charge is 2.26. The maximum Gasteiger partial charge on any atom is 0.307 e. The second-order valence-corrected chi connectivity index (χ2v) is 12.3. The van der Waals surface area contributed by atoms with Crippen molar-refractivity contribution in [2.75, 3.05) is 13.7 Å². The number of ether oxygens (including phenoxy) is 1. The number of amidine groups is 1. The van der Waals surface area contributed by atoms with Crippen molar-refractivity contribution in [1.29, 1.82) is 0 Å². The van der Waals surface area contributed by atoms with Crippen molar-refractivity contribution in [2.24, 2.45) is 17.8 Å². The smallest absolute Gasteiger partial charge is 0.307 e. The topological polar surface area (TPSA) is 165 Å². The van der Waals surface area contributed by atoms with Crippen LogP contribution in [0.5, 0.6) is 5.75 Å². The average Bonchev–Trinajstić information content (AvgIpc) is 3.33. The molecule has 11 nitrogen and oxygen atoms in total. The largest absolute Gasteiger partial charge is 0.490 e. The fraction of sp³-hybridized carbons (Fsp3) is 0.343. The predicted octanol–water partition coefficient (Wildman–Crippen LogP) is 5.02. The Kier molecular flexibility index (Phi) is 10.4. The third-order valence-corrected chi connectivity index (χ3v) is 7.54. The molecule has 5 rings (SSSR count). The highest BCUT2D eigenvalue weighted by Crippen LogP contribution is 2.43. The molecular formula is C35H41FN6O5. The fourth-order valence-corrected chi connectivity index (χ4v) is 5.51. The van der Waals surface area contributed by atoms with E-state index in [0.29, 0.717) is 57.7 Å². The standard InChI is InChI=1S/C31H31FN6O4.C4H10O/c1-16-19-6-5-11-42-29(19)23(32)13-20(16)28-21(15-27(39)40)17(2)36-30-22(28)14-25(38(30)4)18-8-10-35-24(12-18)31(41)37-26(34-3)7-9-33;1-4(2,3)5/h7-10,12-14H,5-6,11,15,33H2,1-4H3,(H,39,40)(H,34,37,41);5H,1-3H3/b9-7-;. The number of carbonyl (C=O) groups is 2. The van der Waals surface area contributed by atoms with E-state index in [2.05, 4.69) is 15.3 Å². The van der Waals surface area contributed by atoms with Crippen LogP contribution in [0.2, 0.25) is 0 Å². The summed E-state index contributed by atoms with van der Waals surface area (Å²) in [6.45, 7) is 9.36. The molecule has 0 saturated heterocycles. The van der Waals surface area contributed by atoms with Crippen molar-refractivity contribution in [2.45, 2.75) is 59.5 Å². The number of aliphatic imine (C=N–C) groups is 1. The lowest BCUT2D eigenvalue weighted by Crippen LogP contribution is -2.30. The summed E-state index contributed by atoms with van der Waals surface area (Å²) >= 11 is 0. The van der Waals surface area contributed by atoms with E-state index in [4.69, 9.17) is 20.6 Å². The number of fused-ring (bicyclic) bond motifs is 2. The number of aliphatic hydroxyl groups is 1. The first kappa shape index (κ1) is 34.8. The number of benzene rings is 1. The molecule has 0 spiro atoms. The summed E-state index contributed by atoms with van der Waals surface area (Å²) in [5, 5.41) is 21.7. The van der Waals surface area contributed by atoms with Gasteiger partial charge in [0.15, 0.2) is 11.6 Å². The molecule has 0 fully saturated rings. The number of aromatic nitrogens is 3. The Labute approximate surface area is 273 Å². The molecule has 0 atom stereocenters. The van der Waals surface area contributed by atoms with E-state index in [-0.39, 0.29) is 23.7 Å². The van der Waals surface area contributed by atoms with Gasteiger partial charge in [0.2, 0.25) is 0 Å². The number of carboxylic acids is 1. The van der Waals surface area contributed by atoms with Crippen molar-refractivity contribution < 1.29 is 28.9 Å². The van der Waals surface area contributed by atoms with Crippen molar-refractivity contribution >= 4 is 28.7 Å². The second kappa shape index (κ2) is 14.1. The Morgan fingerprint density at radius 1 is 1.23 bits per heavy atom. The number of nitrogens with zero attached hydrogens (tertiary/aromatic N) is 4. The Bertz CT molecular complexity index is 1900. The molecule has 4 heterocycles. The van der Waals surface area contributed by atoms with Gasteiger partial charge in [0.05, 0.1) is 24.3 Å². The van der Waals surface area contributed by atoms with E-state index >= 15 is 4.39 Å². The van der Waals surface area contributed by atoms with Gasteiger partial charge in [-0.05, 0) is 106 Å². The third kappa shape index (κ3) is 7.83. The predicted molar refractivity (Wildman–Crippen MR) is 180 cm³/mol. The number of nitrogens with one attached hydrogen (secondary N) is 1. The van der Waals surface area contributed by atoms with Gasteiger partial charge in [-0.2, -0.15) is 0 Å². The molecule has 1 aliphatic rings. The number of aryl methyl sites for hydroxylation is 2. The number of carbonyl (C=O) groups excluding carboxylic acids is 1. The monoisotopic (exact) mass is 644 g/mol. The molecule has 0 saturated carbocycles. The molecule has 0 unspecified atom stereocenters. The minimum absolute atomic E-state index is 0.160. The number of hydrogen-bond donors (Lipinski definition) is 4. The quantitative estimate of drug-likeness (QED) is 0.168. The van der Waals surface area contributed by atoms with Gasteiger partial charge < -0.3 is 30.6 Å². The van der Waals surface area contributed by atoms with E-state index < -0.39 is 23.3 Å². The molecule has 0 bridgehead atoms. The summed E-state index contributed by atoms with van der Waals surface area (Å²) in [4.78, 5) is 37.8. The van der Waals surface area contributed by atoms with Gasteiger partial charge in [0.1, 0.15) is 17.2 Å². The summed E-state index contributed by atoms with van der Waals surface area (Å²) in [5.74, 6) is -1.41. The molecule has 4 aromatic rings. The zero-order valence-electron chi connectivity index (χ0n) is 27.7. The highest BCUT2D eigenvalue weighted by atomic mass is 19.1. The number of pyridine rings is 2. The minimum atomic E-state index is -1.01. The number of halogens is 1. The maximum absolute atomic E-state index is 15.4. The van der Waals surface area contributed by atoms with Crippen LogP contribution in [0.3, 0.4) is 0 Å². The van der Waals surface area contributed by atoms with Gasteiger partial charge in [-0.25, -0.2) is 9.37 Å². The van der Waals surface area contributed by atoms with Crippen LogP contribution >= 0.6 is 0 Å². The molecular weight excluding hydrogens is 603 g/mol. The van der Waals surface area contributed by atoms with E-state index in [9.17, 15) is 14.7 Å². The molecule has 47 heavy (non-hydrogen) atoms. The minimum Gasteiger partial charge on any atom is -0.490 e. The molecule has 12 heteroatoms. The number of carboxylic acid groups (broad SMARTS) is 1. The fourth-order valence-electron chi connectivity index (χ4n) is 5.51. The van der Waals surface area contributed by atoms with Crippen molar-refractivity contribution in [3.05, 3.63) is 76.6 Å². The van der Waals surface area contributed by atoms with Crippen molar-refractivity contribution in [3.8, 4) is 28.1 Å². The SMILES string of the molecule is CC(C)(C)O.CN=C(/C=C\N)NC(=O)c1cc(-c2cc3c(-c4cc(F)c5c(c4C)CCCO5)c(CC(=O)O)c(C)nc3n2C)ccn1. The van der Waals surface area contributed by atoms with Gasteiger partial charge in [-0.1, -0.05) is 0 Å². The first-order valence-corrected chi connectivity index (χ1v) is 15.2. The van der Waals surface area contributed by atoms with Crippen LogP contribution in [-0.4, -0.2) is 61.7 Å². The summed E-state index contributed by atoms with van der Waals surface area (Å²) in [7, 11) is 3.37. The van der Waals surface area contributed by atoms with Gasteiger partial charge in [0, 0.05) is 42.5 Å². The zero-order chi connectivity index (χ0) is 34.6. The van der Waals surface area contributed by atoms with Crippen LogP contribution in [0.4, 0.5) is 4.39 Å². The number of amides is 1. The van der Waals surface area contributed by atoms with Crippen LogP contribution in [0.25, 0.3) is 33.4 Å². The van der Waals surface area contributed by atoms with Gasteiger partial charge in [-0.3, -0.25) is 19.6 Å². The lowest BCUT2D eigenvalue weighted by Gasteiger charge is -2.23. The molecule has 0 aliphatic carbocycles. The first-order chi connectivity index (χ1) is 22.1. The Morgan fingerprint density at radius 3 is 2.57 bits per heavy atom. The second-order valence-electron chi connectivity index (χ2n) is 12.3. The molecule has 3 aromatic heterocycles. The Balaban J connectivity index is 0.000000930. The molecule has 0 radical (unpaired) electrons. The normalized spacial score (nSPS) is 13.2. The van der Waals surface area contributed by atoms with Crippen LogP contribution in [0.15, 0.2) is 47.7 Å². The molecule has 1 aliphatic heterocycles. The van der Waals surface area contributed by atoms with E-state index in [1.165, 1.54) is 31.6 Å². The first-order valence-electron chi connectivity index (χ1n) is 15.2. The van der Waals surface area contributed by atoms with Crippen LogP contribution < -0.4 is 15.8 Å². The molecule has 1 aromatic carbocycles. The van der Waals surface area contributed by atoms with E-state index in [1.54, 1.807) is 39.8 Å². The summed E-state index contributed by atoms with van der Waals surface area (Å²) in [6, 6.07) is 6.74. The highest BCUT2D eigenvalue weighted by molar-refractivity contribution is 6.09. The Hall–Kier alpha value is -5.10. The van der Waals surface area contributed by atoms with Crippen LogP contribution in [-0.2, 0) is 24.7 Å². The van der Waals surface area contributed by atoms with Gasteiger partial charge in [-0.15, -0.1) is 0 Å². The van der Waals surface area contributed by atoms with Gasteiger partial charge >= 0.3 is 5.97 Å². The number of hydrogen-bond acceptors (Lipinski definition) is 8. The van der Waals surface area contributed by atoms with Crippen molar-refractivity contribution in [3.63, 3.8) is 0 Å². The number of rotatable bonds is 6. The van der Waals surface area contributed by atoms with Gasteiger partial charge in [0.25, 0.3) is 5.91 Å². The summed E-state index contributed by atoms with van der Waals surface area (Å²) in [6.07, 6.45) is 5.43.